The smallest absolute Gasteiger partial charge is 0.423 e. The maximum Gasteiger partial charge on any atom is 0.423 e. The zero-order valence-corrected chi connectivity index (χ0v) is 19.8. The van der Waals surface area contributed by atoms with Gasteiger partial charge in [0.15, 0.2) is 0 Å². The number of benzene rings is 1. The number of nitrogens with zero attached hydrogens (tertiary/aromatic N) is 5. The Morgan fingerprint density at radius 1 is 1.11 bits per heavy atom. The molecule has 1 aromatic carbocycles. The minimum absolute atomic E-state index is 0.0503. The van der Waals surface area contributed by atoms with Gasteiger partial charge in [-0.15, -0.1) is 0 Å². The molecule has 0 radical (unpaired) electrons. The molecule has 2 amide bonds. The molecule has 0 atom stereocenters. The molecule has 1 fully saturated rings. The van der Waals surface area contributed by atoms with Crippen LogP contribution >= 0.6 is 0 Å². The highest BCUT2D eigenvalue weighted by Crippen LogP contribution is 2.29. The van der Waals surface area contributed by atoms with Crippen molar-refractivity contribution >= 4 is 39.6 Å². The normalized spacial score (nSPS) is 13.0. The summed E-state index contributed by atoms with van der Waals surface area (Å²) in [6.07, 6.45) is 2.06. The van der Waals surface area contributed by atoms with Crippen LogP contribution in [0.1, 0.15) is 47.3 Å². The molecule has 13 heteroatoms. The summed E-state index contributed by atoms with van der Waals surface area (Å²) in [5.74, 6) is -0.472. The van der Waals surface area contributed by atoms with E-state index in [1.54, 1.807) is 24.0 Å². The fourth-order valence-electron chi connectivity index (χ4n) is 3.62. The molecule has 37 heavy (non-hydrogen) atoms. The van der Waals surface area contributed by atoms with Crippen molar-refractivity contribution in [1.82, 2.24) is 30.2 Å². The van der Waals surface area contributed by atoms with Crippen LogP contribution in [-0.4, -0.2) is 41.9 Å². The largest absolute Gasteiger partial charge is 0.464 e. The maximum atomic E-state index is 13.1. The lowest BCUT2D eigenvalue weighted by Gasteiger charge is -2.22. The molecule has 1 aliphatic carbocycles. The summed E-state index contributed by atoms with van der Waals surface area (Å²) in [5.41, 5.74) is 8.26. The molecular formula is C24H24F3N7O3. The zero-order valence-electron chi connectivity index (χ0n) is 19.8. The van der Waals surface area contributed by atoms with Gasteiger partial charge in [0.25, 0.3) is 5.91 Å². The Kier molecular flexibility index (Phi) is 7.14. The van der Waals surface area contributed by atoms with Gasteiger partial charge in [0.1, 0.15) is 5.82 Å². The summed E-state index contributed by atoms with van der Waals surface area (Å²) < 4.78 is 39.8. The van der Waals surface area contributed by atoms with Crippen LogP contribution in [-0.2, 0) is 19.8 Å². The van der Waals surface area contributed by atoms with Crippen molar-refractivity contribution in [3.63, 3.8) is 0 Å². The van der Waals surface area contributed by atoms with Gasteiger partial charge in [-0.2, -0.15) is 18.3 Å². The van der Waals surface area contributed by atoms with Crippen molar-refractivity contribution in [2.75, 3.05) is 5.73 Å². The maximum absolute atomic E-state index is 13.1. The van der Waals surface area contributed by atoms with E-state index in [-0.39, 0.29) is 17.1 Å². The first-order chi connectivity index (χ1) is 17.5. The third-order valence-corrected chi connectivity index (χ3v) is 5.90. The van der Waals surface area contributed by atoms with Gasteiger partial charge in [-0.25, -0.2) is 20.2 Å². The second kappa shape index (κ2) is 10.3. The predicted octanol–water partition coefficient (Wildman–Crippen LogP) is 4.50. The number of anilines is 1. The number of hydrazine groups is 1. The zero-order chi connectivity index (χ0) is 26.7. The number of alkyl halides is 3. The fraction of sp³-hybridized carbons (Fsp3) is 0.292. The van der Waals surface area contributed by atoms with Gasteiger partial charge in [-0.05, 0) is 30.3 Å². The molecule has 0 bridgehead atoms. The number of carbonyl (C=O) groups excluding carboxylic acids is 1. The van der Waals surface area contributed by atoms with E-state index in [2.05, 4.69) is 15.1 Å². The van der Waals surface area contributed by atoms with Gasteiger partial charge >= 0.3 is 12.3 Å². The van der Waals surface area contributed by atoms with E-state index < -0.39 is 30.3 Å². The van der Waals surface area contributed by atoms with Crippen LogP contribution in [0.4, 0.5) is 23.8 Å². The van der Waals surface area contributed by atoms with E-state index in [9.17, 15) is 22.8 Å². The molecule has 1 aliphatic rings. The fourth-order valence-corrected chi connectivity index (χ4v) is 3.62. The molecule has 194 valence electrons. The lowest BCUT2D eigenvalue weighted by molar-refractivity contribution is -0.137. The second-order valence-corrected chi connectivity index (χ2v) is 8.52. The highest BCUT2D eigenvalue weighted by Gasteiger charge is 2.31. The number of carboxylic acid groups (broad SMARTS) is 1. The number of fused-ring (bicyclic) bond motifs is 3. The van der Waals surface area contributed by atoms with E-state index in [0.29, 0.717) is 28.0 Å². The summed E-state index contributed by atoms with van der Waals surface area (Å²) in [6.45, 7) is -0.400. The molecule has 0 aliphatic heterocycles. The minimum Gasteiger partial charge on any atom is -0.464 e. The van der Waals surface area contributed by atoms with Gasteiger partial charge in [0, 0.05) is 24.2 Å². The number of carbonyl (C=O) groups is 2. The third kappa shape index (κ3) is 5.71. The lowest BCUT2D eigenvalue weighted by atomic mass is 10.0. The third-order valence-electron chi connectivity index (χ3n) is 5.90. The van der Waals surface area contributed by atoms with E-state index in [0.717, 1.165) is 17.1 Å². The molecular weight excluding hydrogens is 491 g/mol. The Balaban J connectivity index is 0.000000730. The number of aromatic nitrogens is 4. The highest BCUT2D eigenvalue weighted by atomic mass is 19.4. The Morgan fingerprint density at radius 2 is 1.81 bits per heavy atom. The highest BCUT2D eigenvalue weighted by molar-refractivity contribution is 6.10. The molecule has 10 nitrogen and oxygen atoms in total. The van der Waals surface area contributed by atoms with Crippen LogP contribution in [0.3, 0.4) is 0 Å². The monoisotopic (exact) mass is 515 g/mol. The molecule has 5 rings (SSSR count). The Hall–Kier alpha value is -4.42. The summed E-state index contributed by atoms with van der Waals surface area (Å²) >= 11 is 0. The first-order valence-corrected chi connectivity index (χ1v) is 11.4. The van der Waals surface area contributed by atoms with Gasteiger partial charge in [0.2, 0.25) is 0 Å². The van der Waals surface area contributed by atoms with Gasteiger partial charge < -0.3 is 10.8 Å². The summed E-state index contributed by atoms with van der Waals surface area (Å²) in [5, 5.41) is 15.2. The van der Waals surface area contributed by atoms with E-state index in [4.69, 9.17) is 10.8 Å². The van der Waals surface area contributed by atoms with Gasteiger partial charge in [-0.1, -0.05) is 25.7 Å². The number of halogens is 3. The van der Waals surface area contributed by atoms with Crippen LogP contribution in [0, 0.1) is 0 Å². The van der Waals surface area contributed by atoms with Crippen molar-refractivity contribution in [2.45, 2.75) is 38.4 Å². The number of nitrogens with two attached hydrogens (primary N) is 1. The van der Waals surface area contributed by atoms with Crippen LogP contribution in [0.2, 0.25) is 0 Å². The number of aryl methyl sites for hydroxylation is 1. The van der Waals surface area contributed by atoms with Crippen molar-refractivity contribution in [1.29, 1.82) is 0 Å². The Morgan fingerprint density at radius 3 is 2.38 bits per heavy atom. The van der Waals surface area contributed by atoms with Gasteiger partial charge in [0.05, 0.1) is 40.4 Å². The molecule has 4 N–H and O–H groups in total. The van der Waals surface area contributed by atoms with Crippen LogP contribution < -0.4 is 11.2 Å². The number of amides is 2. The Labute approximate surface area is 208 Å². The first-order valence-electron chi connectivity index (χ1n) is 11.4. The lowest BCUT2D eigenvalue weighted by Crippen LogP contribution is -2.45. The van der Waals surface area contributed by atoms with Crippen molar-refractivity contribution in [3.8, 4) is 0 Å². The molecule has 0 unspecified atom stereocenters. The molecule has 4 aromatic rings. The topological polar surface area (TPSA) is 139 Å². The number of pyridine rings is 2. The van der Waals surface area contributed by atoms with Crippen LogP contribution in [0.5, 0.6) is 0 Å². The predicted molar refractivity (Wildman–Crippen MR) is 129 cm³/mol. The van der Waals surface area contributed by atoms with Crippen molar-refractivity contribution in [3.05, 3.63) is 59.5 Å². The number of hydrogen-bond acceptors (Lipinski definition) is 6. The van der Waals surface area contributed by atoms with Crippen molar-refractivity contribution < 1.29 is 27.9 Å². The Bertz CT molecular complexity index is 1440. The number of hydrogen-bond donors (Lipinski definition) is 3. The molecule has 0 saturated heterocycles. The number of nitrogen functional groups attached to an aromatic ring is 1. The molecule has 1 saturated carbocycles. The quantitative estimate of drug-likeness (QED) is 0.341. The number of rotatable bonds is 3. The minimum atomic E-state index is -4.57. The molecule has 0 spiro atoms. The summed E-state index contributed by atoms with van der Waals surface area (Å²) in [7, 11) is 1.70. The van der Waals surface area contributed by atoms with E-state index in [1.165, 1.54) is 37.8 Å². The SMILES string of the molecule is C1CCC1.Cn1ncc2c(N)nc3ccc(C(=O)N(Cc4ccc(C(F)(F)F)cn4)NC(=O)O)cc3c21. The van der Waals surface area contributed by atoms with E-state index in [1.807, 2.05) is 5.43 Å². The first kappa shape index (κ1) is 25.7. The van der Waals surface area contributed by atoms with Crippen LogP contribution in [0.15, 0.2) is 42.7 Å². The van der Waals surface area contributed by atoms with Crippen LogP contribution in [0.25, 0.3) is 21.8 Å². The average Bonchev–Trinajstić information content (AvgIpc) is 3.19. The standard InChI is InChI=1S/C20H16F3N7O3.C4H8/c1-29-16-13-6-10(2-5-15(13)27-17(24)14(16)8-26-29)18(31)30(28-19(32)33)9-12-4-3-11(7-25-12)20(21,22)23;1-2-4-3-1/h2-8,28H,9H2,1H3,(H2,24,27)(H,32,33);1-4H2. The van der Waals surface area contributed by atoms with Gasteiger partial charge in [-0.3, -0.25) is 14.5 Å². The molecule has 3 aromatic heterocycles. The summed E-state index contributed by atoms with van der Waals surface area (Å²) in [6, 6.07) is 6.39. The average molecular weight is 515 g/mol. The van der Waals surface area contributed by atoms with Crippen molar-refractivity contribution in [2.24, 2.45) is 7.05 Å². The van der Waals surface area contributed by atoms with E-state index >= 15 is 0 Å². The molecule has 3 heterocycles. The second-order valence-electron chi connectivity index (χ2n) is 8.52. The number of nitrogens with one attached hydrogen (secondary N) is 1. The summed E-state index contributed by atoms with van der Waals surface area (Å²) in [4.78, 5) is 32.3.